The van der Waals surface area contributed by atoms with Crippen molar-refractivity contribution in [1.82, 2.24) is 4.72 Å². The Morgan fingerprint density at radius 2 is 1.90 bits per heavy atom. The van der Waals surface area contributed by atoms with Gasteiger partial charge in [-0.1, -0.05) is 31.4 Å². The predicted octanol–water partition coefficient (Wildman–Crippen LogP) is 2.91. The van der Waals surface area contributed by atoms with E-state index in [2.05, 4.69) is 9.71 Å². The van der Waals surface area contributed by atoms with E-state index in [1.807, 2.05) is 6.07 Å². The summed E-state index contributed by atoms with van der Waals surface area (Å²) in [6.07, 6.45) is 5.76. The van der Waals surface area contributed by atoms with Gasteiger partial charge in [-0.05, 0) is 25.0 Å². The van der Waals surface area contributed by atoms with Crippen LogP contribution in [0.3, 0.4) is 0 Å². The Hall–Kier alpha value is -1.07. The highest BCUT2D eigenvalue weighted by Crippen LogP contribution is 2.38. The first-order valence-electron chi connectivity index (χ1n) is 7.29. The predicted molar refractivity (Wildman–Crippen MR) is 84.4 cm³/mol. The number of sulfonamides is 1. The minimum Gasteiger partial charge on any atom is -0.267 e. The molecule has 21 heavy (non-hydrogen) atoms. The van der Waals surface area contributed by atoms with Crippen molar-refractivity contribution in [3.63, 3.8) is 0 Å². The number of rotatable bonds is 3. The minimum atomic E-state index is -3.45. The summed E-state index contributed by atoms with van der Waals surface area (Å²) in [5, 5.41) is 0. The first-order valence-corrected chi connectivity index (χ1v) is 9.31. The number of amidine groups is 1. The topological polar surface area (TPSA) is 58.5 Å². The van der Waals surface area contributed by atoms with E-state index in [1.165, 1.54) is 19.3 Å². The molecule has 114 valence electrons. The Morgan fingerprint density at radius 3 is 2.62 bits per heavy atom. The summed E-state index contributed by atoms with van der Waals surface area (Å²) in [4.78, 5) is 4.88. The number of alkyl halides is 1. The third-order valence-corrected chi connectivity index (χ3v) is 6.40. The molecule has 2 aliphatic rings. The Morgan fingerprint density at radius 1 is 1.19 bits per heavy atom. The van der Waals surface area contributed by atoms with Crippen LogP contribution in [0.2, 0.25) is 0 Å². The molecule has 0 radical (unpaired) electrons. The SMILES string of the molecule is O=S1(=O)NC(=NCC2(CCl)CCCCC2)c2ccccc21. The van der Waals surface area contributed by atoms with Crippen LogP contribution >= 0.6 is 11.6 Å². The molecule has 0 spiro atoms. The molecule has 1 heterocycles. The molecular weight excluding hydrogens is 308 g/mol. The molecule has 1 saturated carbocycles. The first kappa shape index (κ1) is 14.9. The summed E-state index contributed by atoms with van der Waals surface area (Å²) in [5.41, 5.74) is 0.688. The maximum Gasteiger partial charge on any atom is 0.263 e. The van der Waals surface area contributed by atoms with Crippen LogP contribution in [0.1, 0.15) is 37.7 Å². The van der Waals surface area contributed by atoms with Crippen molar-refractivity contribution in [1.29, 1.82) is 0 Å². The number of hydrogen-bond acceptors (Lipinski definition) is 3. The Balaban J connectivity index is 1.88. The standard InChI is InChI=1S/C15H19ClN2O2S/c16-10-15(8-4-1-5-9-15)11-17-14-12-6-2-3-7-13(12)21(19,20)18-14/h2-3,6-7H,1,4-5,8-11H2,(H,17,18). The van der Waals surface area contributed by atoms with Gasteiger partial charge in [-0.25, -0.2) is 8.42 Å². The minimum absolute atomic E-state index is 0.0236. The molecule has 1 aromatic carbocycles. The van der Waals surface area contributed by atoms with E-state index in [4.69, 9.17) is 11.6 Å². The summed E-state index contributed by atoms with van der Waals surface area (Å²) in [6, 6.07) is 6.95. The summed E-state index contributed by atoms with van der Waals surface area (Å²) in [7, 11) is -3.45. The molecule has 6 heteroatoms. The lowest BCUT2D eigenvalue weighted by Gasteiger charge is -2.34. The zero-order valence-electron chi connectivity index (χ0n) is 11.8. The molecule has 3 rings (SSSR count). The molecule has 1 fully saturated rings. The van der Waals surface area contributed by atoms with Crippen LogP contribution in [-0.4, -0.2) is 26.7 Å². The zero-order chi connectivity index (χ0) is 14.9. The Labute approximate surface area is 130 Å². The lowest BCUT2D eigenvalue weighted by atomic mass is 9.75. The number of fused-ring (bicyclic) bond motifs is 1. The van der Waals surface area contributed by atoms with Gasteiger partial charge < -0.3 is 0 Å². The van der Waals surface area contributed by atoms with Gasteiger partial charge in [0.05, 0.1) is 4.90 Å². The van der Waals surface area contributed by atoms with E-state index in [1.54, 1.807) is 18.2 Å². The average Bonchev–Trinajstić information content (AvgIpc) is 2.78. The van der Waals surface area contributed by atoms with Gasteiger partial charge >= 0.3 is 0 Å². The molecule has 1 aliphatic carbocycles. The molecule has 1 N–H and O–H groups in total. The van der Waals surface area contributed by atoms with Gasteiger partial charge in [0, 0.05) is 23.4 Å². The third-order valence-electron chi connectivity index (χ3n) is 4.43. The number of nitrogens with one attached hydrogen (secondary N) is 1. The molecule has 0 bridgehead atoms. The largest absolute Gasteiger partial charge is 0.267 e. The summed E-state index contributed by atoms with van der Waals surface area (Å²) in [6.45, 7) is 0.586. The van der Waals surface area contributed by atoms with Crippen molar-refractivity contribution in [2.75, 3.05) is 12.4 Å². The molecule has 0 amide bonds. The molecular formula is C15H19ClN2O2S. The molecule has 0 atom stereocenters. The number of halogens is 1. The zero-order valence-corrected chi connectivity index (χ0v) is 13.4. The van der Waals surface area contributed by atoms with E-state index in [0.717, 1.165) is 12.8 Å². The molecule has 0 unspecified atom stereocenters. The van der Waals surface area contributed by atoms with Crippen molar-refractivity contribution < 1.29 is 8.42 Å². The van der Waals surface area contributed by atoms with Gasteiger partial charge in [-0.3, -0.25) is 9.71 Å². The van der Waals surface area contributed by atoms with Gasteiger partial charge in [-0.15, -0.1) is 11.6 Å². The highest BCUT2D eigenvalue weighted by Gasteiger charge is 2.34. The molecule has 1 aliphatic heterocycles. The van der Waals surface area contributed by atoms with Crippen molar-refractivity contribution >= 4 is 27.5 Å². The van der Waals surface area contributed by atoms with Crippen LogP contribution in [0.15, 0.2) is 34.2 Å². The van der Waals surface area contributed by atoms with Crippen LogP contribution in [0.4, 0.5) is 0 Å². The summed E-state index contributed by atoms with van der Waals surface area (Å²) in [5.74, 6) is 1.04. The smallest absolute Gasteiger partial charge is 0.263 e. The molecule has 1 aromatic rings. The van der Waals surface area contributed by atoms with Crippen molar-refractivity contribution in [2.45, 2.75) is 37.0 Å². The van der Waals surface area contributed by atoms with Crippen molar-refractivity contribution in [2.24, 2.45) is 10.4 Å². The van der Waals surface area contributed by atoms with E-state index in [9.17, 15) is 8.42 Å². The van der Waals surface area contributed by atoms with Gasteiger partial charge in [0.2, 0.25) is 0 Å². The fourth-order valence-electron chi connectivity index (χ4n) is 3.13. The van der Waals surface area contributed by atoms with Crippen molar-refractivity contribution in [3.8, 4) is 0 Å². The normalized spacial score (nSPS) is 24.5. The lowest BCUT2D eigenvalue weighted by molar-refractivity contribution is 0.231. The number of nitrogens with zero attached hydrogens (tertiary/aromatic N) is 1. The van der Waals surface area contributed by atoms with Crippen LogP contribution < -0.4 is 4.72 Å². The third kappa shape index (κ3) is 2.81. The van der Waals surface area contributed by atoms with Gasteiger partial charge in [0.25, 0.3) is 10.0 Å². The van der Waals surface area contributed by atoms with E-state index in [0.29, 0.717) is 28.7 Å². The first-order chi connectivity index (χ1) is 10.1. The highest BCUT2D eigenvalue weighted by molar-refractivity contribution is 7.90. The van der Waals surface area contributed by atoms with Gasteiger partial charge in [0.1, 0.15) is 5.84 Å². The fourth-order valence-corrected chi connectivity index (χ4v) is 4.74. The van der Waals surface area contributed by atoms with E-state index >= 15 is 0 Å². The van der Waals surface area contributed by atoms with Crippen LogP contribution in [-0.2, 0) is 10.0 Å². The number of aliphatic imine (C=N–C) groups is 1. The number of hydrogen-bond donors (Lipinski definition) is 1. The van der Waals surface area contributed by atoms with E-state index in [-0.39, 0.29) is 5.41 Å². The highest BCUT2D eigenvalue weighted by atomic mass is 35.5. The Bertz CT molecular complexity index is 664. The summed E-state index contributed by atoms with van der Waals surface area (Å²) >= 11 is 6.17. The molecule has 0 saturated heterocycles. The molecule has 4 nitrogen and oxygen atoms in total. The maximum absolute atomic E-state index is 12.0. The van der Waals surface area contributed by atoms with Crippen LogP contribution in [0.25, 0.3) is 0 Å². The van der Waals surface area contributed by atoms with Crippen molar-refractivity contribution in [3.05, 3.63) is 29.8 Å². The Kier molecular flexibility index (Phi) is 3.97. The number of benzene rings is 1. The van der Waals surface area contributed by atoms with Crippen LogP contribution in [0.5, 0.6) is 0 Å². The quantitative estimate of drug-likeness (QED) is 0.868. The second-order valence-electron chi connectivity index (χ2n) is 5.96. The van der Waals surface area contributed by atoms with Crippen LogP contribution in [0, 0.1) is 5.41 Å². The second kappa shape index (κ2) is 5.61. The second-order valence-corrected chi connectivity index (χ2v) is 7.88. The average molecular weight is 327 g/mol. The van der Waals surface area contributed by atoms with Gasteiger partial charge in [0.15, 0.2) is 0 Å². The monoisotopic (exact) mass is 326 g/mol. The lowest BCUT2D eigenvalue weighted by Crippen LogP contribution is -2.31. The van der Waals surface area contributed by atoms with E-state index < -0.39 is 10.0 Å². The molecule has 0 aromatic heterocycles. The maximum atomic E-state index is 12.0. The summed E-state index contributed by atoms with van der Waals surface area (Å²) < 4.78 is 26.6. The fraction of sp³-hybridized carbons (Fsp3) is 0.533. The van der Waals surface area contributed by atoms with Gasteiger partial charge in [-0.2, -0.15) is 0 Å².